The first kappa shape index (κ1) is 13.4. The predicted octanol–water partition coefficient (Wildman–Crippen LogP) is 0.682. The van der Waals surface area contributed by atoms with E-state index in [1.54, 1.807) is 0 Å². The molecule has 0 spiro atoms. The molecule has 1 atom stereocenters. The van der Waals surface area contributed by atoms with E-state index < -0.39 is 18.1 Å². The molecule has 1 aromatic rings. The molecule has 0 saturated carbocycles. The predicted molar refractivity (Wildman–Crippen MR) is 67.6 cm³/mol. The standard InChI is InChI=1S/C13H16N2O4/c16-12(17)11-8-15(7-6-14-11)13(18)19-9-10-4-2-1-3-5-10/h1-5,11,14H,6-9H2,(H,16,17)/t11-/m0/s1. The number of nitrogens with one attached hydrogen (secondary N) is 1. The molecule has 0 unspecified atom stereocenters. The zero-order chi connectivity index (χ0) is 13.7. The van der Waals surface area contributed by atoms with Gasteiger partial charge in [-0.2, -0.15) is 0 Å². The van der Waals surface area contributed by atoms with Gasteiger partial charge in [0, 0.05) is 13.1 Å². The molecule has 6 heteroatoms. The Morgan fingerprint density at radius 2 is 2.11 bits per heavy atom. The number of hydrogen-bond donors (Lipinski definition) is 2. The molecule has 1 aliphatic rings. The Labute approximate surface area is 111 Å². The van der Waals surface area contributed by atoms with Crippen molar-refractivity contribution >= 4 is 12.1 Å². The molecular weight excluding hydrogens is 248 g/mol. The molecule has 0 aromatic heterocycles. The van der Waals surface area contributed by atoms with E-state index in [0.29, 0.717) is 13.1 Å². The van der Waals surface area contributed by atoms with E-state index in [1.165, 1.54) is 4.90 Å². The summed E-state index contributed by atoms with van der Waals surface area (Å²) in [7, 11) is 0. The largest absolute Gasteiger partial charge is 0.480 e. The van der Waals surface area contributed by atoms with Gasteiger partial charge in [0.15, 0.2) is 0 Å². The zero-order valence-corrected chi connectivity index (χ0v) is 10.4. The molecule has 1 aromatic carbocycles. The fraction of sp³-hybridized carbons (Fsp3) is 0.385. The van der Waals surface area contributed by atoms with Gasteiger partial charge in [-0.1, -0.05) is 30.3 Å². The Balaban J connectivity index is 1.84. The second-order valence-corrected chi connectivity index (χ2v) is 4.33. The van der Waals surface area contributed by atoms with Gasteiger partial charge in [0.1, 0.15) is 12.6 Å². The molecule has 2 N–H and O–H groups in total. The van der Waals surface area contributed by atoms with Gasteiger partial charge < -0.3 is 20.1 Å². The molecule has 1 amide bonds. The first-order valence-corrected chi connectivity index (χ1v) is 6.08. The summed E-state index contributed by atoms with van der Waals surface area (Å²) in [5, 5.41) is 11.7. The van der Waals surface area contributed by atoms with Crippen LogP contribution in [0.2, 0.25) is 0 Å². The molecule has 1 heterocycles. The van der Waals surface area contributed by atoms with Crippen molar-refractivity contribution in [2.45, 2.75) is 12.6 Å². The van der Waals surface area contributed by atoms with Crippen molar-refractivity contribution in [1.82, 2.24) is 10.2 Å². The van der Waals surface area contributed by atoms with Gasteiger partial charge in [-0.05, 0) is 5.56 Å². The highest BCUT2D eigenvalue weighted by Gasteiger charge is 2.28. The number of rotatable bonds is 3. The molecule has 19 heavy (non-hydrogen) atoms. The molecule has 1 saturated heterocycles. The van der Waals surface area contributed by atoms with Crippen LogP contribution in [0.1, 0.15) is 5.56 Å². The summed E-state index contributed by atoms with van der Waals surface area (Å²) in [6, 6.07) is 8.64. The number of carbonyl (C=O) groups is 2. The summed E-state index contributed by atoms with van der Waals surface area (Å²) >= 11 is 0. The highest BCUT2D eigenvalue weighted by Crippen LogP contribution is 2.06. The van der Waals surface area contributed by atoms with E-state index in [9.17, 15) is 9.59 Å². The van der Waals surface area contributed by atoms with E-state index in [1.807, 2.05) is 30.3 Å². The van der Waals surface area contributed by atoms with Crippen molar-refractivity contribution in [2.24, 2.45) is 0 Å². The van der Waals surface area contributed by atoms with Crippen LogP contribution in [0, 0.1) is 0 Å². The fourth-order valence-corrected chi connectivity index (χ4v) is 1.89. The van der Waals surface area contributed by atoms with Crippen molar-refractivity contribution in [3.63, 3.8) is 0 Å². The maximum Gasteiger partial charge on any atom is 0.410 e. The highest BCUT2D eigenvalue weighted by molar-refractivity contribution is 5.76. The number of amides is 1. The fourth-order valence-electron chi connectivity index (χ4n) is 1.89. The van der Waals surface area contributed by atoms with Crippen molar-refractivity contribution in [1.29, 1.82) is 0 Å². The third-order valence-corrected chi connectivity index (χ3v) is 2.94. The van der Waals surface area contributed by atoms with Crippen LogP contribution in [0.4, 0.5) is 4.79 Å². The van der Waals surface area contributed by atoms with Crippen molar-refractivity contribution < 1.29 is 19.4 Å². The van der Waals surface area contributed by atoms with Gasteiger partial charge in [-0.25, -0.2) is 4.79 Å². The highest BCUT2D eigenvalue weighted by atomic mass is 16.6. The average Bonchev–Trinajstić information content (AvgIpc) is 2.46. The van der Waals surface area contributed by atoms with Crippen LogP contribution in [0.5, 0.6) is 0 Å². The first-order chi connectivity index (χ1) is 9.16. The van der Waals surface area contributed by atoms with Crippen molar-refractivity contribution in [2.75, 3.05) is 19.6 Å². The van der Waals surface area contributed by atoms with Gasteiger partial charge in [0.2, 0.25) is 0 Å². The second kappa shape index (κ2) is 6.19. The summed E-state index contributed by atoms with van der Waals surface area (Å²) in [6.07, 6.45) is -0.475. The molecule has 102 valence electrons. The van der Waals surface area contributed by atoms with Gasteiger partial charge >= 0.3 is 12.1 Å². The Hall–Kier alpha value is -2.08. The van der Waals surface area contributed by atoms with Crippen LogP contribution < -0.4 is 5.32 Å². The lowest BCUT2D eigenvalue weighted by Gasteiger charge is -2.30. The number of piperazine rings is 1. The zero-order valence-electron chi connectivity index (χ0n) is 10.4. The van der Waals surface area contributed by atoms with Crippen LogP contribution in [-0.4, -0.2) is 47.7 Å². The summed E-state index contributed by atoms with van der Waals surface area (Å²) in [6.45, 7) is 1.24. The Bertz CT molecular complexity index is 449. The summed E-state index contributed by atoms with van der Waals surface area (Å²) in [5.74, 6) is -0.958. The van der Waals surface area contributed by atoms with Crippen LogP contribution in [0.3, 0.4) is 0 Å². The van der Waals surface area contributed by atoms with Crippen LogP contribution >= 0.6 is 0 Å². The lowest BCUT2D eigenvalue weighted by molar-refractivity contribution is -0.140. The Kier molecular flexibility index (Phi) is 4.35. The van der Waals surface area contributed by atoms with Crippen LogP contribution in [0.15, 0.2) is 30.3 Å². The van der Waals surface area contributed by atoms with Gasteiger partial charge in [-0.15, -0.1) is 0 Å². The van der Waals surface area contributed by atoms with Gasteiger partial charge in [-0.3, -0.25) is 4.79 Å². The number of nitrogens with zero attached hydrogens (tertiary/aromatic N) is 1. The minimum Gasteiger partial charge on any atom is -0.480 e. The quantitative estimate of drug-likeness (QED) is 0.839. The minimum atomic E-state index is -0.958. The third kappa shape index (κ3) is 3.69. The maximum atomic E-state index is 11.8. The summed E-state index contributed by atoms with van der Waals surface area (Å²) < 4.78 is 5.16. The van der Waals surface area contributed by atoms with E-state index in [-0.39, 0.29) is 13.2 Å². The number of hydrogen-bond acceptors (Lipinski definition) is 4. The molecule has 0 radical (unpaired) electrons. The number of ether oxygens (including phenoxy) is 1. The lowest BCUT2D eigenvalue weighted by atomic mass is 10.2. The van der Waals surface area contributed by atoms with E-state index in [0.717, 1.165) is 5.56 Å². The van der Waals surface area contributed by atoms with Crippen LogP contribution in [0.25, 0.3) is 0 Å². The Morgan fingerprint density at radius 3 is 2.79 bits per heavy atom. The number of carbonyl (C=O) groups excluding carboxylic acids is 1. The molecule has 1 aliphatic heterocycles. The first-order valence-electron chi connectivity index (χ1n) is 6.08. The normalized spacial score (nSPS) is 18.9. The summed E-state index contributed by atoms with van der Waals surface area (Å²) in [4.78, 5) is 24.1. The molecular formula is C13H16N2O4. The topological polar surface area (TPSA) is 78.9 Å². The molecule has 0 bridgehead atoms. The molecule has 6 nitrogen and oxygen atoms in total. The molecule has 1 fully saturated rings. The average molecular weight is 264 g/mol. The Morgan fingerprint density at radius 1 is 1.37 bits per heavy atom. The lowest BCUT2D eigenvalue weighted by Crippen LogP contribution is -2.55. The number of aliphatic carboxylic acids is 1. The summed E-state index contributed by atoms with van der Waals surface area (Å²) in [5.41, 5.74) is 0.903. The van der Waals surface area contributed by atoms with Gasteiger partial charge in [0.25, 0.3) is 0 Å². The number of carboxylic acids is 1. The molecule has 0 aliphatic carbocycles. The monoisotopic (exact) mass is 264 g/mol. The number of benzene rings is 1. The number of carboxylic acid groups (broad SMARTS) is 1. The minimum absolute atomic E-state index is 0.128. The second-order valence-electron chi connectivity index (χ2n) is 4.33. The van der Waals surface area contributed by atoms with Crippen molar-refractivity contribution in [3.8, 4) is 0 Å². The van der Waals surface area contributed by atoms with E-state index >= 15 is 0 Å². The van der Waals surface area contributed by atoms with Gasteiger partial charge in [0.05, 0.1) is 6.54 Å². The maximum absolute atomic E-state index is 11.8. The van der Waals surface area contributed by atoms with E-state index in [4.69, 9.17) is 9.84 Å². The SMILES string of the molecule is O=C(O)[C@@H]1CN(C(=O)OCc2ccccc2)CCN1. The third-order valence-electron chi connectivity index (χ3n) is 2.94. The molecule has 2 rings (SSSR count). The van der Waals surface area contributed by atoms with Crippen LogP contribution in [-0.2, 0) is 16.1 Å². The smallest absolute Gasteiger partial charge is 0.410 e. The van der Waals surface area contributed by atoms with E-state index in [2.05, 4.69) is 5.32 Å². The van der Waals surface area contributed by atoms with Crippen molar-refractivity contribution in [3.05, 3.63) is 35.9 Å².